The van der Waals surface area contributed by atoms with Crippen molar-refractivity contribution < 1.29 is 18.3 Å². The third kappa shape index (κ3) is 4.17. The second-order valence-corrected chi connectivity index (χ2v) is 5.98. The Bertz CT molecular complexity index is 556. The molecule has 5 nitrogen and oxygen atoms in total. The van der Waals surface area contributed by atoms with Crippen molar-refractivity contribution >= 4 is 11.7 Å². The third-order valence-corrected chi connectivity index (χ3v) is 4.32. The summed E-state index contributed by atoms with van der Waals surface area (Å²) < 4.78 is 31.7. The van der Waals surface area contributed by atoms with E-state index in [9.17, 15) is 13.6 Å². The summed E-state index contributed by atoms with van der Waals surface area (Å²) >= 11 is 0. The van der Waals surface area contributed by atoms with Gasteiger partial charge in [0.05, 0.1) is 6.10 Å². The van der Waals surface area contributed by atoms with Gasteiger partial charge in [0.25, 0.3) is 0 Å². The number of hydrogen-bond donors (Lipinski definition) is 1. The summed E-state index contributed by atoms with van der Waals surface area (Å²) in [5, 5.41) is 2.60. The fraction of sp³-hybridized carbons (Fsp3) is 0.562. The summed E-state index contributed by atoms with van der Waals surface area (Å²) in [6.45, 7) is 4.58. The number of benzene rings is 1. The summed E-state index contributed by atoms with van der Waals surface area (Å²) in [6.07, 6.45) is 2.55. The fourth-order valence-electron chi connectivity index (χ4n) is 2.99. The molecule has 2 fully saturated rings. The molecule has 1 N–H and O–H groups in total. The Morgan fingerprint density at radius 3 is 2.65 bits per heavy atom. The first-order chi connectivity index (χ1) is 11.1. The van der Waals surface area contributed by atoms with Crippen LogP contribution in [0.15, 0.2) is 18.2 Å². The molecule has 1 aromatic carbocycles. The zero-order chi connectivity index (χ0) is 16.2. The summed E-state index contributed by atoms with van der Waals surface area (Å²) in [6, 6.07) is 3.06. The van der Waals surface area contributed by atoms with E-state index in [-0.39, 0.29) is 11.7 Å². The van der Waals surface area contributed by atoms with Gasteiger partial charge in [0, 0.05) is 51.1 Å². The Labute approximate surface area is 134 Å². The van der Waals surface area contributed by atoms with Crippen molar-refractivity contribution in [2.24, 2.45) is 0 Å². The van der Waals surface area contributed by atoms with E-state index in [1.165, 1.54) is 6.07 Å². The van der Waals surface area contributed by atoms with Gasteiger partial charge in [-0.2, -0.15) is 0 Å². The molecule has 126 valence electrons. The van der Waals surface area contributed by atoms with Crippen LogP contribution in [-0.4, -0.2) is 61.3 Å². The smallest absolute Gasteiger partial charge is 0.321 e. The first-order valence-corrected chi connectivity index (χ1v) is 7.97. The lowest BCUT2D eigenvalue weighted by Crippen LogP contribution is -2.51. The molecule has 3 rings (SSSR count). The molecule has 23 heavy (non-hydrogen) atoms. The number of ether oxygens (including phenoxy) is 1. The van der Waals surface area contributed by atoms with Crippen molar-refractivity contribution in [2.75, 3.05) is 44.6 Å². The van der Waals surface area contributed by atoms with Crippen molar-refractivity contribution in [1.29, 1.82) is 0 Å². The Balaban J connectivity index is 1.46. The van der Waals surface area contributed by atoms with Crippen molar-refractivity contribution in [2.45, 2.75) is 18.9 Å². The van der Waals surface area contributed by atoms with Gasteiger partial charge in [0.2, 0.25) is 0 Å². The minimum absolute atomic E-state index is 0.260. The SMILES string of the molecule is O=C(Nc1ccc(F)c(F)c1)N1CCN(CC2CCCO2)CC1. The molecule has 0 aliphatic carbocycles. The minimum atomic E-state index is -0.968. The van der Waals surface area contributed by atoms with E-state index in [0.29, 0.717) is 19.2 Å². The fourth-order valence-corrected chi connectivity index (χ4v) is 2.99. The summed E-state index contributed by atoms with van der Waals surface area (Å²) in [5.41, 5.74) is 0.260. The monoisotopic (exact) mass is 325 g/mol. The molecule has 2 amide bonds. The number of halogens is 2. The van der Waals surface area contributed by atoms with Crippen LogP contribution in [0.2, 0.25) is 0 Å². The number of rotatable bonds is 3. The average Bonchev–Trinajstić information content (AvgIpc) is 3.04. The summed E-state index contributed by atoms with van der Waals surface area (Å²) in [4.78, 5) is 16.2. The van der Waals surface area contributed by atoms with E-state index in [1.54, 1.807) is 4.90 Å². The molecule has 0 aromatic heterocycles. The second-order valence-electron chi connectivity index (χ2n) is 5.98. The van der Waals surface area contributed by atoms with Gasteiger partial charge in [-0.15, -0.1) is 0 Å². The van der Waals surface area contributed by atoms with Crippen LogP contribution >= 0.6 is 0 Å². The summed E-state index contributed by atoms with van der Waals surface area (Å²) in [5.74, 6) is -1.89. The molecule has 0 spiro atoms. The minimum Gasteiger partial charge on any atom is -0.377 e. The first-order valence-electron chi connectivity index (χ1n) is 7.97. The Morgan fingerprint density at radius 2 is 2.00 bits per heavy atom. The van der Waals surface area contributed by atoms with E-state index in [1.807, 2.05) is 0 Å². The molecular weight excluding hydrogens is 304 g/mol. The average molecular weight is 325 g/mol. The normalized spacial score (nSPS) is 22.3. The molecule has 2 aliphatic heterocycles. The van der Waals surface area contributed by atoms with Gasteiger partial charge in [0.1, 0.15) is 0 Å². The Kier molecular flexibility index (Phi) is 5.07. The molecule has 1 unspecified atom stereocenters. The molecule has 2 aliphatic rings. The van der Waals surface area contributed by atoms with Crippen LogP contribution in [0, 0.1) is 11.6 Å². The number of urea groups is 1. The predicted octanol–water partition coefficient (Wildman–Crippen LogP) is 2.29. The molecule has 0 radical (unpaired) electrons. The van der Waals surface area contributed by atoms with E-state index >= 15 is 0 Å². The van der Waals surface area contributed by atoms with Gasteiger partial charge in [-0.05, 0) is 25.0 Å². The van der Waals surface area contributed by atoms with Gasteiger partial charge in [-0.3, -0.25) is 4.90 Å². The standard InChI is InChI=1S/C16H21F2N3O2/c17-14-4-3-12(10-15(14)18)19-16(22)21-7-5-20(6-8-21)11-13-2-1-9-23-13/h3-4,10,13H,1-2,5-9,11H2,(H,19,22). The van der Waals surface area contributed by atoms with Crippen molar-refractivity contribution in [1.82, 2.24) is 9.80 Å². The highest BCUT2D eigenvalue weighted by Crippen LogP contribution is 2.16. The van der Waals surface area contributed by atoms with Crippen LogP contribution in [0.4, 0.5) is 19.3 Å². The molecular formula is C16H21F2N3O2. The van der Waals surface area contributed by atoms with Gasteiger partial charge >= 0.3 is 6.03 Å². The van der Waals surface area contributed by atoms with E-state index in [0.717, 1.165) is 51.2 Å². The number of hydrogen-bond acceptors (Lipinski definition) is 3. The van der Waals surface area contributed by atoms with Gasteiger partial charge < -0.3 is 15.0 Å². The van der Waals surface area contributed by atoms with Crippen LogP contribution in [0.3, 0.4) is 0 Å². The summed E-state index contributed by atoms with van der Waals surface area (Å²) in [7, 11) is 0. The largest absolute Gasteiger partial charge is 0.377 e. The molecule has 0 saturated carbocycles. The van der Waals surface area contributed by atoms with E-state index in [2.05, 4.69) is 10.2 Å². The predicted molar refractivity (Wildman–Crippen MR) is 82.4 cm³/mol. The topological polar surface area (TPSA) is 44.8 Å². The zero-order valence-corrected chi connectivity index (χ0v) is 12.9. The Morgan fingerprint density at radius 1 is 1.22 bits per heavy atom. The van der Waals surface area contributed by atoms with Crippen molar-refractivity contribution in [3.05, 3.63) is 29.8 Å². The number of nitrogens with zero attached hydrogens (tertiary/aromatic N) is 2. The highest BCUT2D eigenvalue weighted by molar-refractivity contribution is 5.89. The number of amides is 2. The third-order valence-electron chi connectivity index (χ3n) is 4.32. The van der Waals surface area contributed by atoms with Gasteiger partial charge in [-0.25, -0.2) is 13.6 Å². The van der Waals surface area contributed by atoms with Crippen LogP contribution in [0.25, 0.3) is 0 Å². The molecule has 2 saturated heterocycles. The number of carbonyl (C=O) groups is 1. The molecule has 1 aromatic rings. The Hall–Kier alpha value is -1.73. The van der Waals surface area contributed by atoms with Crippen LogP contribution in [0.5, 0.6) is 0 Å². The van der Waals surface area contributed by atoms with Gasteiger partial charge in [-0.1, -0.05) is 0 Å². The van der Waals surface area contributed by atoms with Crippen LogP contribution < -0.4 is 5.32 Å². The highest BCUT2D eigenvalue weighted by atomic mass is 19.2. The number of carbonyl (C=O) groups excluding carboxylic acids is 1. The van der Waals surface area contributed by atoms with Crippen LogP contribution in [0.1, 0.15) is 12.8 Å². The maximum absolute atomic E-state index is 13.2. The van der Waals surface area contributed by atoms with Gasteiger partial charge in [0.15, 0.2) is 11.6 Å². The highest BCUT2D eigenvalue weighted by Gasteiger charge is 2.25. The van der Waals surface area contributed by atoms with E-state index < -0.39 is 11.6 Å². The number of piperazine rings is 1. The maximum atomic E-state index is 13.2. The van der Waals surface area contributed by atoms with Crippen molar-refractivity contribution in [3.8, 4) is 0 Å². The van der Waals surface area contributed by atoms with Crippen molar-refractivity contribution in [3.63, 3.8) is 0 Å². The maximum Gasteiger partial charge on any atom is 0.321 e. The lowest BCUT2D eigenvalue weighted by molar-refractivity contribution is 0.0572. The van der Waals surface area contributed by atoms with E-state index in [4.69, 9.17) is 4.74 Å². The zero-order valence-electron chi connectivity index (χ0n) is 12.9. The second kappa shape index (κ2) is 7.23. The molecule has 0 bridgehead atoms. The molecule has 7 heteroatoms. The first kappa shape index (κ1) is 16.1. The lowest BCUT2D eigenvalue weighted by Gasteiger charge is -2.35. The lowest BCUT2D eigenvalue weighted by atomic mass is 10.2. The quantitative estimate of drug-likeness (QED) is 0.927. The number of nitrogens with one attached hydrogen (secondary N) is 1. The number of anilines is 1. The molecule has 1 atom stereocenters. The molecule has 2 heterocycles. The van der Waals surface area contributed by atoms with Crippen LogP contribution in [-0.2, 0) is 4.74 Å².